The quantitative estimate of drug-likeness (QED) is 0.111. The van der Waals surface area contributed by atoms with Crippen molar-refractivity contribution in [2.24, 2.45) is 0 Å². The molecule has 0 bridgehead atoms. The summed E-state index contributed by atoms with van der Waals surface area (Å²) >= 11 is 0. The van der Waals surface area contributed by atoms with Gasteiger partial charge in [-0.25, -0.2) is 0 Å². The molecule has 0 aromatic carbocycles. The highest BCUT2D eigenvalue weighted by molar-refractivity contribution is 7.53. The Morgan fingerprint density at radius 2 is 1.17 bits per heavy atom. The molecule has 1 atom stereocenters. The Balaban J connectivity index is 3.79. The van der Waals surface area contributed by atoms with Gasteiger partial charge < -0.3 is 19.4 Å². The standard InChI is InChI=1S/C23H46NO4P/c1-5-6-7-8-9-10-11-12-13-14-15-16-17-18-19-20-21-23(25,29(26,27)28)22-24(2,3)4/h7-8,18-19,25H,5-6,9-17,20-22H2,1-4H3,(H-,26,27,28)/p+1/b8-7-,19-18-. The van der Waals surface area contributed by atoms with E-state index in [0.717, 1.165) is 12.8 Å². The number of rotatable bonds is 18. The van der Waals surface area contributed by atoms with Crippen molar-refractivity contribution in [2.45, 2.75) is 95.7 Å². The smallest absolute Gasteiger partial charge is 0.362 e. The molecule has 0 heterocycles. The zero-order valence-corrected chi connectivity index (χ0v) is 20.2. The average molecular weight is 433 g/mol. The van der Waals surface area contributed by atoms with E-state index in [-0.39, 0.29) is 13.0 Å². The van der Waals surface area contributed by atoms with Crippen LogP contribution in [0.25, 0.3) is 0 Å². The van der Waals surface area contributed by atoms with Crippen LogP contribution in [-0.4, -0.2) is 52.4 Å². The van der Waals surface area contributed by atoms with Crippen molar-refractivity contribution in [1.29, 1.82) is 0 Å². The summed E-state index contributed by atoms with van der Waals surface area (Å²) in [5.41, 5.74) is 0. The third-order valence-electron chi connectivity index (χ3n) is 5.01. The van der Waals surface area contributed by atoms with Crippen molar-refractivity contribution in [3.05, 3.63) is 24.3 Å². The second kappa shape index (κ2) is 15.4. The van der Waals surface area contributed by atoms with Gasteiger partial charge in [0.2, 0.25) is 5.34 Å². The van der Waals surface area contributed by atoms with Gasteiger partial charge in [0, 0.05) is 0 Å². The molecule has 0 fully saturated rings. The third kappa shape index (κ3) is 16.0. The van der Waals surface area contributed by atoms with Crippen LogP contribution in [0.2, 0.25) is 0 Å². The molecule has 0 aliphatic heterocycles. The molecule has 0 aromatic heterocycles. The van der Waals surface area contributed by atoms with Crippen LogP contribution < -0.4 is 0 Å². The molecule has 5 nitrogen and oxygen atoms in total. The van der Waals surface area contributed by atoms with E-state index < -0.39 is 12.9 Å². The fraction of sp³-hybridized carbons (Fsp3) is 0.826. The van der Waals surface area contributed by atoms with Crippen LogP contribution in [0, 0.1) is 0 Å². The van der Waals surface area contributed by atoms with Crippen LogP contribution in [0.3, 0.4) is 0 Å². The molecule has 0 spiro atoms. The highest BCUT2D eigenvalue weighted by atomic mass is 31.2. The number of nitrogens with zero attached hydrogens (tertiary/aromatic N) is 1. The molecule has 1 unspecified atom stereocenters. The largest absolute Gasteiger partial charge is 0.373 e. The lowest BCUT2D eigenvalue weighted by Gasteiger charge is -2.35. The van der Waals surface area contributed by atoms with Gasteiger partial charge in [-0.05, 0) is 44.9 Å². The van der Waals surface area contributed by atoms with Gasteiger partial charge in [0.25, 0.3) is 0 Å². The Hall–Kier alpha value is -0.450. The number of likely N-dealkylation sites (N-methyl/N-ethyl adjacent to an activating group) is 1. The maximum absolute atomic E-state index is 11.7. The second-order valence-electron chi connectivity index (χ2n) is 9.30. The van der Waals surface area contributed by atoms with Crippen molar-refractivity contribution in [3.63, 3.8) is 0 Å². The Morgan fingerprint density at radius 3 is 1.59 bits per heavy atom. The first-order valence-electron chi connectivity index (χ1n) is 11.4. The number of hydrogen-bond acceptors (Lipinski definition) is 2. The molecule has 29 heavy (non-hydrogen) atoms. The highest BCUT2D eigenvalue weighted by Gasteiger charge is 2.48. The van der Waals surface area contributed by atoms with Crippen molar-refractivity contribution >= 4 is 7.60 Å². The molecule has 0 rings (SSSR count). The predicted octanol–water partition coefficient (Wildman–Crippen LogP) is 5.76. The molecular formula is C23H47NO4P+. The Morgan fingerprint density at radius 1 is 0.759 bits per heavy atom. The Bertz CT molecular complexity index is 507. The number of quaternary nitrogens is 1. The molecule has 0 aliphatic rings. The van der Waals surface area contributed by atoms with Crippen molar-refractivity contribution < 1.29 is 23.9 Å². The first-order valence-corrected chi connectivity index (χ1v) is 13.0. The summed E-state index contributed by atoms with van der Waals surface area (Å²) in [7, 11) is 0.890. The number of allylic oxidation sites excluding steroid dienone is 4. The molecule has 0 radical (unpaired) electrons. The number of aliphatic hydroxyl groups is 1. The van der Waals surface area contributed by atoms with Crippen molar-refractivity contribution in [1.82, 2.24) is 0 Å². The second-order valence-corrected chi connectivity index (χ2v) is 11.2. The summed E-state index contributed by atoms with van der Waals surface area (Å²) < 4.78 is 12.0. The van der Waals surface area contributed by atoms with E-state index in [0.29, 0.717) is 10.9 Å². The van der Waals surface area contributed by atoms with Crippen LogP contribution >= 0.6 is 7.60 Å². The van der Waals surface area contributed by atoms with E-state index in [1.807, 2.05) is 27.2 Å². The van der Waals surface area contributed by atoms with Gasteiger partial charge in [0.1, 0.15) is 6.54 Å². The Labute approximate surface area is 179 Å². The lowest BCUT2D eigenvalue weighted by Crippen LogP contribution is -2.49. The summed E-state index contributed by atoms with van der Waals surface area (Å²) in [5, 5.41) is 8.53. The zero-order valence-electron chi connectivity index (χ0n) is 19.4. The van der Waals surface area contributed by atoms with Crippen LogP contribution in [0.5, 0.6) is 0 Å². The van der Waals surface area contributed by atoms with Gasteiger partial charge in [-0.1, -0.05) is 69.8 Å². The van der Waals surface area contributed by atoms with E-state index in [4.69, 9.17) is 0 Å². The maximum Gasteiger partial charge on any atom is 0.362 e. The number of unbranched alkanes of at least 4 members (excludes halogenated alkanes) is 9. The fourth-order valence-electron chi connectivity index (χ4n) is 3.44. The van der Waals surface area contributed by atoms with Crippen LogP contribution in [-0.2, 0) is 4.57 Å². The summed E-state index contributed by atoms with van der Waals surface area (Å²) in [6.07, 6.45) is 22.8. The first-order chi connectivity index (χ1) is 13.5. The summed E-state index contributed by atoms with van der Waals surface area (Å²) in [6.45, 7) is 2.24. The Kier molecular flexibility index (Phi) is 15.1. The van der Waals surface area contributed by atoms with Gasteiger partial charge in [0.05, 0.1) is 21.1 Å². The van der Waals surface area contributed by atoms with E-state index in [9.17, 15) is 19.5 Å². The maximum atomic E-state index is 11.7. The predicted molar refractivity (Wildman–Crippen MR) is 124 cm³/mol. The molecule has 6 heteroatoms. The normalized spacial score (nSPS) is 15.4. The van der Waals surface area contributed by atoms with Gasteiger partial charge >= 0.3 is 7.60 Å². The van der Waals surface area contributed by atoms with Gasteiger partial charge in [-0.2, -0.15) is 0 Å². The minimum atomic E-state index is -4.57. The van der Waals surface area contributed by atoms with E-state index in [2.05, 4.69) is 25.2 Å². The summed E-state index contributed by atoms with van der Waals surface area (Å²) in [4.78, 5) is 19.1. The van der Waals surface area contributed by atoms with Crippen molar-refractivity contribution in [3.8, 4) is 0 Å². The van der Waals surface area contributed by atoms with Crippen LogP contribution in [0.1, 0.15) is 90.4 Å². The SMILES string of the molecule is CCC/C=C\CCCCCCCCC/C=C\CCC(O)(C[N+](C)(C)C)P(=O)(O)O. The molecule has 0 amide bonds. The van der Waals surface area contributed by atoms with Crippen LogP contribution in [0.15, 0.2) is 24.3 Å². The first kappa shape index (κ1) is 28.5. The molecule has 0 aromatic rings. The fourth-order valence-corrected chi connectivity index (χ4v) is 4.47. The lowest BCUT2D eigenvalue weighted by atomic mass is 10.1. The van der Waals surface area contributed by atoms with Gasteiger partial charge in [-0.15, -0.1) is 0 Å². The minimum Gasteiger partial charge on any atom is -0.373 e. The number of hydrogen-bond donors (Lipinski definition) is 3. The summed E-state index contributed by atoms with van der Waals surface area (Å²) in [5.74, 6) is 0. The van der Waals surface area contributed by atoms with Crippen LogP contribution in [0.4, 0.5) is 0 Å². The van der Waals surface area contributed by atoms with Gasteiger partial charge in [0.15, 0.2) is 0 Å². The van der Waals surface area contributed by atoms with E-state index in [1.165, 1.54) is 57.8 Å². The molecule has 0 aliphatic carbocycles. The minimum absolute atomic E-state index is 0.0279. The third-order valence-corrected chi connectivity index (χ3v) is 6.46. The van der Waals surface area contributed by atoms with E-state index >= 15 is 0 Å². The van der Waals surface area contributed by atoms with E-state index in [1.54, 1.807) is 0 Å². The highest BCUT2D eigenvalue weighted by Crippen LogP contribution is 2.52. The molecule has 3 N–H and O–H groups in total. The molecule has 0 saturated carbocycles. The molecule has 172 valence electrons. The molecule has 0 saturated heterocycles. The topological polar surface area (TPSA) is 77.8 Å². The monoisotopic (exact) mass is 432 g/mol. The average Bonchev–Trinajstić information content (AvgIpc) is 2.59. The zero-order chi connectivity index (χ0) is 22.2. The molecular weight excluding hydrogens is 385 g/mol. The lowest BCUT2D eigenvalue weighted by molar-refractivity contribution is -0.875. The van der Waals surface area contributed by atoms with Crippen molar-refractivity contribution in [2.75, 3.05) is 27.7 Å². The van der Waals surface area contributed by atoms with Gasteiger partial charge in [-0.3, -0.25) is 4.57 Å². The summed E-state index contributed by atoms with van der Waals surface area (Å²) in [6, 6.07) is 0.